The summed E-state index contributed by atoms with van der Waals surface area (Å²) >= 11 is 0. The van der Waals surface area contributed by atoms with Crippen LogP contribution in [0.15, 0.2) is 12.1 Å². The molecule has 0 radical (unpaired) electrons. The van der Waals surface area contributed by atoms with Gasteiger partial charge in [-0.2, -0.15) is 0 Å². The van der Waals surface area contributed by atoms with Gasteiger partial charge in [-0.25, -0.2) is 8.78 Å². The molecule has 0 aliphatic carbocycles. The number of hydrogen-bond acceptors (Lipinski definition) is 2. The van der Waals surface area contributed by atoms with Gasteiger partial charge in [-0.15, -0.1) is 0 Å². The summed E-state index contributed by atoms with van der Waals surface area (Å²) in [5, 5.41) is 0. The van der Waals surface area contributed by atoms with Gasteiger partial charge in [0.25, 0.3) is 0 Å². The number of nitrogens with two attached hydrogens (primary N) is 1. The summed E-state index contributed by atoms with van der Waals surface area (Å²) in [6.07, 6.45) is 0. The Morgan fingerprint density at radius 3 is 2.16 bits per heavy atom. The lowest BCUT2D eigenvalue weighted by atomic mass is 9.86. The van der Waals surface area contributed by atoms with E-state index in [1.54, 1.807) is 19.1 Å². The van der Waals surface area contributed by atoms with Gasteiger partial charge >= 0.3 is 0 Å². The Morgan fingerprint density at radius 2 is 1.68 bits per heavy atom. The van der Waals surface area contributed by atoms with Gasteiger partial charge in [-0.1, -0.05) is 26.0 Å². The third kappa shape index (κ3) is 2.95. The summed E-state index contributed by atoms with van der Waals surface area (Å²) in [6.45, 7) is 11.2. The van der Waals surface area contributed by atoms with Crippen LogP contribution in [0.2, 0.25) is 0 Å². The summed E-state index contributed by atoms with van der Waals surface area (Å²) in [5.41, 5.74) is 6.29. The van der Waals surface area contributed by atoms with E-state index in [9.17, 15) is 8.78 Å². The van der Waals surface area contributed by atoms with Crippen molar-refractivity contribution < 1.29 is 8.78 Å². The quantitative estimate of drug-likeness (QED) is 0.888. The average molecular weight is 270 g/mol. The van der Waals surface area contributed by atoms with Crippen molar-refractivity contribution in [2.24, 2.45) is 5.73 Å². The van der Waals surface area contributed by atoms with Crippen LogP contribution >= 0.6 is 0 Å². The number of likely N-dealkylation sites (N-methyl/N-ethyl adjacent to an activating group) is 1. The van der Waals surface area contributed by atoms with Crippen molar-refractivity contribution in [2.75, 3.05) is 13.1 Å². The number of benzene rings is 1. The molecule has 108 valence electrons. The number of rotatable bonds is 5. The molecule has 0 aliphatic heterocycles. The minimum atomic E-state index is -0.826. The Labute approximate surface area is 114 Å². The molecule has 2 N–H and O–H groups in total. The maximum absolute atomic E-state index is 14.0. The second kappa shape index (κ2) is 5.97. The monoisotopic (exact) mass is 270 g/mol. The first kappa shape index (κ1) is 16.1. The fourth-order valence-corrected chi connectivity index (χ4v) is 2.52. The molecule has 0 saturated heterocycles. The average Bonchev–Trinajstić information content (AvgIpc) is 2.36. The molecule has 2 nitrogen and oxygen atoms in total. The van der Waals surface area contributed by atoms with Gasteiger partial charge in [0.1, 0.15) is 0 Å². The van der Waals surface area contributed by atoms with E-state index in [-0.39, 0.29) is 5.56 Å². The van der Waals surface area contributed by atoms with Gasteiger partial charge in [-0.05, 0) is 39.4 Å². The van der Waals surface area contributed by atoms with Gasteiger partial charge in [0, 0.05) is 11.1 Å². The molecule has 0 fully saturated rings. The molecule has 1 unspecified atom stereocenters. The Hall–Kier alpha value is -1.00. The zero-order valence-corrected chi connectivity index (χ0v) is 12.4. The molecule has 0 aromatic heterocycles. The first-order chi connectivity index (χ1) is 8.77. The smallest absolute Gasteiger partial charge is 0.163 e. The van der Waals surface area contributed by atoms with Gasteiger partial charge in [-0.3, -0.25) is 4.90 Å². The maximum Gasteiger partial charge on any atom is 0.163 e. The number of nitrogens with zero attached hydrogens (tertiary/aromatic N) is 1. The first-order valence-corrected chi connectivity index (χ1v) is 6.72. The Morgan fingerprint density at radius 1 is 1.16 bits per heavy atom. The largest absolute Gasteiger partial charge is 0.322 e. The van der Waals surface area contributed by atoms with Crippen LogP contribution in [0.25, 0.3) is 0 Å². The Bertz CT molecular complexity index is 440. The van der Waals surface area contributed by atoms with E-state index in [4.69, 9.17) is 5.73 Å². The second-order valence-corrected chi connectivity index (χ2v) is 5.40. The molecule has 0 saturated carbocycles. The van der Waals surface area contributed by atoms with Crippen molar-refractivity contribution in [1.82, 2.24) is 4.90 Å². The van der Waals surface area contributed by atoms with Crippen LogP contribution in [0.5, 0.6) is 0 Å². The zero-order chi connectivity index (χ0) is 14.8. The number of aryl methyl sites for hydroxylation is 1. The van der Waals surface area contributed by atoms with Gasteiger partial charge < -0.3 is 5.73 Å². The van der Waals surface area contributed by atoms with Crippen LogP contribution in [-0.4, -0.2) is 23.5 Å². The molecule has 0 amide bonds. The van der Waals surface area contributed by atoms with Crippen molar-refractivity contribution in [2.45, 2.75) is 46.2 Å². The van der Waals surface area contributed by atoms with Crippen molar-refractivity contribution in [3.05, 3.63) is 34.9 Å². The molecule has 0 heterocycles. The molecule has 1 rings (SSSR count). The molecule has 19 heavy (non-hydrogen) atoms. The standard InChI is InChI=1S/C15H24F2N2/c1-6-19(7-2)15(4,5)14(18)11-9-8-10(3)12(16)13(11)17/h8-9,14H,6-7,18H2,1-5H3. The van der Waals surface area contributed by atoms with Crippen LogP contribution in [0, 0.1) is 18.6 Å². The molecule has 0 bridgehead atoms. The van der Waals surface area contributed by atoms with E-state index in [1.807, 2.05) is 27.7 Å². The summed E-state index contributed by atoms with van der Waals surface area (Å²) in [6, 6.07) is 2.58. The molecule has 0 aliphatic rings. The van der Waals surface area contributed by atoms with E-state index in [2.05, 4.69) is 4.90 Å². The van der Waals surface area contributed by atoms with E-state index in [0.29, 0.717) is 5.56 Å². The third-order valence-corrected chi connectivity index (χ3v) is 3.98. The highest BCUT2D eigenvalue weighted by Gasteiger charge is 2.34. The predicted octanol–water partition coefficient (Wildman–Crippen LogP) is 3.39. The highest BCUT2D eigenvalue weighted by molar-refractivity contribution is 5.29. The van der Waals surface area contributed by atoms with E-state index in [0.717, 1.165) is 13.1 Å². The second-order valence-electron chi connectivity index (χ2n) is 5.40. The topological polar surface area (TPSA) is 29.3 Å². The van der Waals surface area contributed by atoms with E-state index in [1.165, 1.54) is 0 Å². The van der Waals surface area contributed by atoms with Crippen molar-refractivity contribution in [3.8, 4) is 0 Å². The molecule has 1 atom stereocenters. The predicted molar refractivity (Wildman–Crippen MR) is 75.0 cm³/mol. The molecule has 0 spiro atoms. The number of halogens is 2. The van der Waals surface area contributed by atoms with Crippen LogP contribution in [0.4, 0.5) is 8.78 Å². The molecular formula is C15H24F2N2. The minimum Gasteiger partial charge on any atom is -0.322 e. The van der Waals surface area contributed by atoms with E-state index >= 15 is 0 Å². The first-order valence-electron chi connectivity index (χ1n) is 6.72. The van der Waals surface area contributed by atoms with E-state index < -0.39 is 23.2 Å². The molecular weight excluding hydrogens is 246 g/mol. The zero-order valence-electron chi connectivity index (χ0n) is 12.4. The Kier molecular flexibility index (Phi) is 5.04. The summed E-state index contributed by atoms with van der Waals surface area (Å²) in [4.78, 5) is 2.15. The summed E-state index contributed by atoms with van der Waals surface area (Å²) in [7, 11) is 0. The van der Waals surface area contributed by atoms with Crippen molar-refractivity contribution >= 4 is 0 Å². The fourth-order valence-electron chi connectivity index (χ4n) is 2.52. The fraction of sp³-hybridized carbons (Fsp3) is 0.600. The Balaban J connectivity index is 3.19. The molecule has 1 aromatic carbocycles. The van der Waals surface area contributed by atoms with Crippen molar-refractivity contribution in [1.29, 1.82) is 0 Å². The van der Waals surface area contributed by atoms with Crippen LogP contribution in [-0.2, 0) is 0 Å². The number of hydrogen-bond donors (Lipinski definition) is 1. The summed E-state index contributed by atoms with van der Waals surface area (Å²) < 4.78 is 27.7. The molecule has 1 aromatic rings. The van der Waals surface area contributed by atoms with Gasteiger partial charge in [0.05, 0.1) is 6.04 Å². The minimum absolute atomic E-state index is 0.236. The van der Waals surface area contributed by atoms with Crippen LogP contribution < -0.4 is 5.73 Å². The summed E-state index contributed by atoms with van der Waals surface area (Å²) in [5.74, 6) is -1.63. The van der Waals surface area contributed by atoms with Crippen molar-refractivity contribution in [3.63, 3.8) is 0 Å². The van der Waals surface area contributed by atoms with Crippen LogP contribution in [0.3, 0.4) is 0 Å². The van der Waals surface area contributed by atoms with Gasteiger partial charge in [0.15, 0.2) is 11.6 Å². The SMILES string of the molecule is CCN(CC)C(C)(C)C(N)c1ccc(C)c(F)c1F. The normalized spacial score (nSPS) is 13.9. The lowest BCUT2D eigenvalue weighted by molar-refractivity contribution is 0.105. The molecule has 4 heteroatoms. The lowest BCUT2D eigenvalue weighted by Crippen LogP contribution is -2.51. The maximum atomic E-state index is 14.0. The van der Waals surface area contributed by atoms with Gasteiger partial charge in [0.2, 0.25) is 0 Å². The lowest BCUT2D eigenvalue weighted by Gasteiger charge is -2.42. The highest BCUT2D eigenvalue weighted by atomic mass is 19.2. The van der Waals surface area contributed by atoms with Crippen LogP contribution in [0.1, 0.15) is 44.9 Å². The third-order valence-electron chi connectivity index (χ3n) is 3.98. The highest BCUT2D eigenvalue weighted by Crippen LogP contribution is 2.31.